The molecule has 4 rings (SSSR count). The molecule has 0 spiro atoms. The van der Waals surface area contributed by atoms with Crippen molar-refractivity contribution in [2.24, 2.45) is 0 Å². The van der Waals surface area contributed by atoms with E-state index in [2.05, 4.69) is 9.88 Å². The molecular formula is C21H24F3N3OS. The van der Waals surface area contributed by atoms with E-state index >= 15 is 0 Å². The average molecular weight is 424 g/mol. The molecule has 2 aliphatic rings. The van der Waals surface area contributed by atoms with Gasteiger partial charge in [-0.15, -0.1) is 11.3 Å². The first-order chi connectivity index (χ1) is 13.9. The van der Waals surface area contributed by atoms with Crippen molar-refractivity contribution in [3.63, 3.8) is 0 Å². The standard InChI is InChI=1S/C21H24F3N3OS/c22-21(23,24)16-7-5-15(6-8-16)20-25-17(14-29-20)13-19(28)27-11-9-26(10-12-27)18-3-1-2-4-18/h5-8,14,18H,1-4,9-13H2. The monoisotopic (exact) mass is 423 g/mol. The second-order valence-electron chi connectivity index (χ2n) is 7.75. The Kier molecular flexibility index (Phi) is 5.92. The number of thiazole rings is 1. The first kappa shape index (κ1) is 20.3. The van der Waals surface area contributed by atoms with Gasteiger partial charge in [-0.3, -0.25) is 9.69 Å². The van der Waals surface area contributed by atoms with E-state index in [0.717, 1.165) is 38.3 Å². The Morgan fingerprint density at radius 1 is 1.07 bits per heavy atom. The van der Waals surface area contributed by atoms with Crippen LogP contribution in [-0.4, -0.2) is 52.9 Å². The van der Waals surface area contributed by atoms with Gasteiger partial charge in [-0.05, 0) is 25.0 Å². The lowest BCUT2D eigenvalue weighted by atomic mass is 10.1. The Hall–Kier alpha value is -1.93. The second-order valence-corrected chi connectivity index (χ2v) is 8.61. The minimum atomic E-state index is -4.35. The van der Waals surface area contributed by atoms with Crippen LogP contribution in [0.15, 0.2) is 29.6 Å². The van der Waals surface area contributed by atoms with Crippen LogP contribution >= 0.6 is 11.3 Å². The zero-order valence-corrected chi connectivity index (χ0v) is 16.9. The summed E-state index contributed by atoms with van der Waals surface area (Å²) in [5.74, 6) is 0.0698. The summed E-state index contributed by atoms with van der Waals surface area (Å²) >= 11 is 1.35. The molecule has 2 fully saturated rings. The fraction of sp³-hybridized carbons (Fsp3) is 0.524. The third-order valence-electron chi connectivity index (χ3n) is 5.85. The van der Waals surface area contributed by atoms with Crippen molar-refractivity contribution in [1.82, 2.24) is 14.8 Å². The van der Waals surface area contributed by atoms with Crippen molar-refractivity contribution < 1.29 is 18.0 Å². The number of nitrogens with zero attached hydrogens (tertiary/aromatic N) is 3. The van der Waals surface area contributed by atoms with E-state index in [-0.39, 0.29) is 12.3 Å². The Bertz CT molecular complexity index is 836. The largest absolute Gasteiger partial charge is 0.416 e. The summed E-state index contributed by atoms with van der Waals surface area (Å²) in [5.41, 5.74) is 0.630. The molecule has 1 aliphatic heterocycles. The fourth-order valence-corrected chi connectivity index (χ4v) is 5.02. The number of hydrogen-bond acceptors (Lipinski definition) is 4. The molecule has 29 heavy (non-hydrogen) atoms. The number of rotatable bonds is 4. The molecule has 2 heterocycles. The Morgan fingerprint density at radius 2 is 1.72 bits per heavy atom. The smallest absolute Gasteiger partial charge is 0.340 e. The molecule has 8 heteroatoms. The van der Waals surface area contributed by atoms with Crippen LogP contribution < -0.4 is 0 Å². The lowest BCUT2D eigenvalue weighted by molar-refractivity contribution is -0.137. The molecule has 1 aromatic heterocycles. The van der Waals surface area contributed by atoms with Gasteiger partial charge in [0.05, 0.1) is 17.7 Å². The topological polar surface area (TPSA) is 36.4 Å². The van der Waals surface area contributed by atoms with E-state index < -0.39 is 11.7 Å². The first-order valence-corrected chi connectivity index (χ1v) is 10.9. The number of hydrogen-bond donors (Lipinski definition) is 0. The van der Waals surface area contributed by atoms with Crippen molar-refractivity contribution in [2.45, 2.75) is 44.3 Å². The van der Waals surface area contributed by atoms with E-state index in [0.29, 0.717) is 22.3 Å². The molecule has 0 bridgehead atoms. The third kappa shape index (κ3) is 4.80. The Morgan fingerprint density at radius 3 is 2.34 bits per heavy atom. The summed E-state index contributed by atoms with van der Waals surface area (Å²) in [7, 11) is 0. The second kappa shape index (κ2) is 8.44. The molecule has 156 valence electrons. The molecule has 0 N–H and O–H groups in total. The number of halogens is 3. The number of aromatic nitrogens is 1. The van der Waals surface area contributed by atoms with Crippen LogP contribution in [0, 0.1) is 0 Å². The van der Waals surface area contributed by atoms with Gasteiger partial charge in [0.25, 0.3) is 0 Å². The maximum Gasteiger partial charge on any atom is 0.416 e. The Labute approximate surface area is 172 Å². The van der Waals surface area contributed by atoms with Crippen molar-refractivity contribution in [3.05, 3.63) is 40.9 Å². The van der Waals surface area contributed by atoms with E-state index in [4.69, 9.17) is 0 Å². The molecule has 1 aliphatic carbocycles. The first-order valence-electron chi connectivity index (χ1n) is 10.0. The van der Waals surface area contributed by atoms with Gasteiger partial charge >= 0.3 is 6.18 Å². The SMILES string of the molecule is O=C(Cc1csc(-c2ccc(C(F)(F)F)cc2)n1)N1CCN(C2CCCC2)CC1. The van der Waals surface area contributed by atoms with Crippen LogP contribution in [0.5, 0.6) is 0 Å². The zero-order chi connectivity index (χ0) is 20.4. The van der Waals surface area contributed by atoms with Gasteiger partial charge in [-0.2, -0.15) is 13.2 Å². The summed E-state index contributed by atoms with van der Waals surface area (Å²) in [6, 6.07) is 5.67. The molecule has 4 nitrogen and oxygen atoms in total. The normalized spacial score (nSPS) is 19.1. The highest BCUT2D eigenvalue weighted by Crippen LogP contribution is 2.32. The van der Waals surface area contributed by atoms with Crippen LogP contribution in [-0.2, 0) is 17.4 Å². The summed E-state index contributed by atoms with van der Waals surface area (Å²) in [5, 5.41) is 2.45. The van der Waals surface area contributed by atoms with Gasteiger partial charge in [0.15, 0.2) is 0 Å². The summed E-state index contributed by atoms with van der Waals surface area (Å²) in [4.78, 5) is 21.5. The lowest BCUT2D eigenvalue weighted by Gasteiger charge is -2.38. The molecule has 0 unspecified atom stereocenters. The molecule has 1 amide bonds. The van der Waals surface area contributed by atoms with Crippen LogP contribution in [0.4, 0.5) is 13.2 Å². The number of amides is 1. The van der Waals surface area contributed by atoms with E-state index in [1.54, 1.807) is 0 Å². The molecule has 1 saturated carbocycles. The highest BCUT2D eigenvalue weighted by molar-refractivity contribution is 7.13. The van der Waals surface area contributed by atoms with Gasteiger partial charge in [-0.25, -0.2) is 4.98 Å². The summed E-state index contributed by atoms with van der Waals surface area (Å²) in [6.45, 7) is 3.38. The average Bonchev–Trinajstić information content (AvgIpc) is 3.40. The van der Waals surface area contributed by atoms with Gasteiger partial charge in [0.2, 0.25) is 5.91 Å². The van der Waals surface area contributed by atoms with Gasteiger partial charge in [0.1, 0.15) is 5.01 Å². The molecule has 0 radical (unpaired) electrons. The number of piperazine rings is 1. The molecule has 1 aromatic carbocycles. The van der Waals surface area contributed by atoms with Crippen molar-refractivity contribution in [2.75, 3.05) is 26.2 Å². The zero-order valence-electron chi connectivity index (χ0n) is 16.1. The van der Waals surface area contributed by atoms with Crippen LogP contribution in [0.25, 0.3) is 10.6 Å². The van der Waals surface area contributed by atoms with Crippen LogP contribution in [0.1, 0.15) is 36.9 Å². The Balaban J connectivity index is 1.32. The maximum absolute atomic E-state index is 12.7. The minimum Gasteiger partial charge on any atom is -0.340 e. The number of benzene rings is 1. The van der Waals surface area contributed by atoms with Crippen LogP contribution in [0.2, 0.25) is 0 Å². The highest BCUT2D eigenvalue weighted by Gasteiger charge is 2.30. The van der Waals surface area contributed by atoms with Gasteiger partial charge in [-0.1, -0.05) is 25.0 Å². The van der Waals surface area contributed by atoms with Crippen molar-refractivity contribution in [3.8, 4) is 10.6 Å². The summed E-state index contributed by atoms with van der Waals surface area (Å²) < 4.78 is 38.1. The molecular weight excluding hydrogens is 399 g/mol. The van der Waals surface area contributed by atoms with E-state index in [1.807, 2.05) is 10.3 Å². The predicted molar refractivity (Wildman–Crippen MR) is 107 cm³/mol. The predicted octanol–water partition coefficient (Wildman–Crippen LogP) is 4.46. The van der Waals surface area contributed by atoms with Gasteiger partial charge < -0.3 is 4.90 Å². The molecule has 0 atom stereocenters. The summed E-state index contributed by atoms with van der Waals surface area (Å²) in [6.07, 6.45) is 1.07. The quantitative estimate of drug-likeness (QED) is 0.729. The molecule has 2 aromatic rings. The lowest BCUT2D eigenvalue weighted by Crippen LogP contribution is -2.51. The van der Waals surface area contributed by atoms with Crippen molar-refractivity contribution >= 4 is 17.2 Å². The molecule has 1 saturated heterocycles. The van der Waals surface area contributed by atoms with Gasteiger partial charge in [0, 0.05) is 43.2 Å². The maximum atomic E-state index is 12.7. The minimum absolute atomic E-state index is 0.0698. The highest BCUT2D eigenvalue weighted by atomic mass is 32.1. The van der Waals surface area contributed by atoms with E-state index in [9.17, 15) is 18.0 Å². The number of carbonyl (C=O) groups excluding carboxylic acids is 1. The van der Waals surface area contributed by atoms with Crippen LogP contribution in [0.3, 0.4) is 0 Å². The third-order valence-corrected chi connectivity index (χ3v) is 6.79. The van der Waals surface area contributed by atoms with Crippen molar-refractivity contribution in [1.29, 1.82) is 0 Å². The number of carbonyl (C=O) groups is 1. The number of alkyl halides is 3. The van der Waals surface area contributed by atoms with E-state index in [1.165, 1.54) is 49.2 Å². The fourth-order valence-electron chi connectivity index (χ4n) is 4.20.